The average Bonchev–Trinajstić information content (AvgIpc) is 3.27. The molecule has 0 saturated heterocycles. The van der Waals surface area contributed by atoms with E-state index in [1.807, 2.05) is 11.3 Å². The highest BCUT2D eigenvalue weighted by molar-refractivity contribution is 9.10. The molecule has 0 N–H and O–H groups in total. The van der Waals surface area contributed by atoms with Crippen LogP contribution in [0.25, 0.3) is 31.3 Å². The van der Waals surface area contributed by atoms with E-state index in [9.17, 15) is 0 Å². The van der Waals surface area contributed by atoms with Crippen molar-refractivity contribution in [2.45, 2.75) is 0 Å². The van der Waals surface area contributed by atoms with Gasteiger partial charge in [-0.15, -0.1) is 11.3 Å². The van der Waals surface area contributed by atoms with Gasteiger partial charge in [0.05, 0.1) is 14.9 Å². The molecule has 0 spiro atoms. The van der Waals surface area contributed by atoms with Gasteiger partial charge in [0.15, 0.2) is 0 Å². The Morgan fingerprint density at radius 2 is 1.12 bits per heavy atom. The number of rotatable bonds is 4. The molecular formula is C30H20BrNS. The minimum Gasteiger partial charge on any atom is -0.309 e. The van der Waals surface area contributed by atoms with E-state index in [1.54, 1.807) is 0 Å². The zero-order valence-electron chi connectivity index (χ0n) is 17.8. The summed E-state index contributed by atoms with van der Waals surface area (Å²) in [4.78, 5) is 2.32. The average molecular weight is 506 g/mol. The normalized spacial score (nSPS) is 11.2. The van der Waals surface area contributed by atoms with E-state index < -0.39 is 0 Å². The maximum atomic E-state index is 3.98. The summed E-state index contributed by atoms with van der Waals surface area (Å²) in [6, 6.07) is 43.0. The first kappa shape index (κ1) is 20.2. The van der Waals surface area contributed by atoms with Crippen LogP contribution in [0.5, 0.6) is 0 Å². The molecule has 158 valence electrons. The van der Waals surface area contributed by atoms with Crippen molar-refractivity contribution < 1.29 is 0 Å². The SMILES string of the molecule is Brc1c(N(c2ccccc2)c2ccc(-c3ccccc3)cc2)ccc2c1sc1ccccc12. The number of benzene rings is 5. The summed E-state index contributed by atoms with van der Waals surface area (Å²) in [5.74, 6) is 0. The van der Waals surface area contributed by atoms with E-state index in [0.29, 0.717) is 0 Å². The molecule has 1 aromatic heterocycles. The minimum absolute atomic E-state index is 1.12. The molecular weight excluding hydrogens is 486 g/mol. The first-order valence-electron chi connectivity index (χ1n) is 10.9. The standard InChI is InChI=1S/C30H20BrNS/c31-29-27(20-19-26-25-13-7-8-14-28(25)33-30(26)29)32(23-11-5-2-6-12-23)24-17-15-22(16-18-24)21-9-3-1-4-10-21/h1-20H. The quantitative estimate of drug-likeness (QED) is 0.230. The van der Waals surface area contributed by atoms with Crippen LogP contribution >= 0.6 is 27.3 Å². The highest BCUT2D eigenvalue weighted by Gasteiger charge is 2.18. The van der Waals surface area contributed by atoms with Crippen molar-refractivity contribution in [2.24, 2.45) is 0 Å². The Morgan fingerprint density at radius 3 is 1.88 bits per heavy atom. The molecule has 0 unspecified atom stereocenters. The monoisotopic (exact) mass is 505 g/mol. The Bertz CT molecular complexity index is 1550. The number of para-hydroxylation sites is 1. The van der Waals surface area contributed by atoms with Crippen molar-refractivity contribution in [3.63, 3.8) is 0 Å². The van der Waals surface area contributed by atoms with Gasteiger partial charge >= 0.3 is 0 Å². The van der Waals surface area contributed by atoms with Crippen molar-refractivity contribution in [3.8, 4) is 11.1 Å². The lowest BCUT2D eigenvalue weighted by molar-refractivity contribution is 1.28. The Hall–Kier alpha value is -3.40. The van der Waals surface area contributed by atoms with Gasteiger partial charge in [-0.25, -0.2) is 0 Å². The Morgan fingerprint density at radius 1 is 0.515 bits per heavy atom. The van der Waals surface area contributed by atoms with E-state index in [1.165, 1.54) is 31.3 Å². The zero-order chi connectivity index (χ0) is 22.2. The zero-order valence-corrected chi connectivity index (χ0v) is 20.2. The molecule has 0 radical (unpaired) electrons. The van der Waals surface area contributed by atoms with E-state index in [4.69, 9.17) is 0 Å². The lowest BCUT2D eigenvalue weighted by Gasteiger charge is -2.27. The molecule has 0 aliphatic carbocycles. The number of hydrogen-bond acceptors (Lipinski definition) is 2. The van der Waals surface area contributed by atoms with Crippen LogP contribution < -0.4 is 4.90 Å². The lowest BCUT2D eigenvalue weighted by atomic mass is 10.0. The third-order valence-electron chi connectivity index (χ3n) is 5.95. The van der Waals surface area contributed by atoms with E-state index in [2.05, 4.69) is 142 Å². The summed E-state index contributed by atoms with van der Waals surface area (Å²) in [6.45, 7) is 0. The summed E-state index contributed by atoms with van der Waals surface area (Å²) in [5.41, 5.74) is 5.83. The van der Waals surface area contributed by atoms with E-state index >= 15 is 0 Å². The molecule has 33 heavy (non-hydrogen) atoms. The summed E-state index contributed by atoms with van der Waals surface area (Å²) < 4.78 is 3.71. The van der Waals surface area contributed by atoms with Gasteiger partial charge in [-0.3, -0.25) is 0 Å². The summed E-state index contributed by atoms with van der Waals surface area (Å²) in [7, 11) is 0. The molecule has 1 nitrogen and oxygen atoms in total. The summed E-state index contributed by atoms with van der Waals surface area (Å²) in [5, 5.41) is 2.60. The Balaban J connectivity index is 1.52. The number of nitrogens with zero attached hydrogens (tertiary/aromatic N) is 1. The maximum absolute atomic E-state index is 3.98. The van der Waals surface area contributed by atoms with Gasteiger partial charge in [0.1, 0.15) is 0 Å². The first-order valence-corrected chi connectivity index (χ1v) is 12.5. The topological polar surface area (TPSA) is 3.24 Å². The third-order valence-corrected chi connectivity index (χ3v) is 8.22. The fraction of sp³-hybridized carbons (Fsp3) is 0. The van der Waals surface area contributed by atoms with Gasteiger partial charge < -0.3 is 4.90 Å². The van der Waals surface area contributed by atoms with Gasteiger partial charge in [-0.1, -0.05) is 84.9 Å². The number of hydrogen-bond donors (Lipinski definition) is 0. The smallest absolute Gasteiger partial charge is 0.0618 e. The van der Waals surface area contributed by atoms with Gasteiger partial charge in [-0.05, 0) is 63.5 Å². The molecule has 0 aliphatic heterocycles. The fourth-order valence-corrected chi connectivity index (χ4v) is 6.26. The molecule has 0 aliphatic rings. The molecule has 0 bridgehead atoms. The van der Waals surface area contributed by atoms with Crippen molar-refractivity contribution >= 4 is 64.5 Å². The summed E-state index contributed by atoms with van der Waals surface area (Å²) in [6.07, 6.45) is 0. The maximum Gasteiger partial charge on any atom is 0.0618 e. The molecule has 0 saturated carbocycles. The van der Waals surface area contributed by atoms with Crippen molar-refractivity contribution in [2.75, 3.05) is 4.90 Å². The number of halogens is 1. The van der Waals surface area contributed by atoms with E-state index in [-0.39, 0.29) is 0 Å². The number of thiophene rings is 1. The molecule has 6 aromatic rings. The molecule has 6 rings (SSSR count). The minimum atomic E-state index is 1.12. The highest BCUT2D eigenvalue weighted by atomic mass is 79.9. The van der Waals surface area contributed by atoms with Crippen LogP contribution in [0.4, 0.5) is 17.1 Å². The fourth-order valence-electron chi connectivity index (χ4n) is 4.36. The van der Waals surface area contributed by atoms with Gasteiger partial charge in [0.25, 0.3) is 0 Å². The number of fused-ring (bicyclic) bond motifs is 3. The van der Waals surface area contributed by atoms with Crippen LogP contribution in [0.2, 0.25) is 0 Å². The van der Waals surface area contributed by atoms with Crippen LogP contribution in [-0.2, 0) is 0 Å². The van der Waals surface area contributed by atoms with Crippen molar-refractivity contribution in [1.29, 1.82) is 0 Å². The second-order valence-corrected chi connectivity index (χ2v) is 9.80. The molecule has 0 atom stereocenters. The molecule has 3 heteroatoms. The molecule has 1 heterocycles. The third kappa shape index (κ3) is 3.64. The highest BCUT2D eigenvalue weighted by Crippen LogP contribution is 2.46. The van der Waals surface area contributed by atoms with Crippen LogP contribution in [0.15, 0.2) is 126 Å². The molecule has 0 amide bonds. The number of anilines is 3. The summed E-state index contributed by atoms with van der Waals surface area (Å²) >= 11 is 5.81. The second kappa shape index (κ2) is 8.51. The first-order chi connectivity index (χ1) is 16.3. The van der Waals surface area contributed by atoms with Crippen LogP contribution in [0, 0.1) is 0 Å². The Labute approximate surface area is 205 Å². The van der Waals surface area contributed by atoms with Gasteiger partial charge in [-0.2, -0.15) is 0 Å². The van der Waals surface area contributed by atoms with Crippen LogP contribution in [0.1, 0.15) is 0 Å². The van der Waals surface area contributed by atoms with Crippen LogP contribution in [-0.4, -0.2) is 0 Å². The van der Waals surface area contributed by atoms with Crippen molar-refractivity contribution in [3.05, 3.63) is 126 Å². The van der Waals surface area contributed by atoms with E-state index in [0.717, 1.165) is 21.5 Å². The second-order valence-electron chi connectivity index (χ2n) is 7.96. The van der Waals surface area contributed by atoms with Gasteiger partial charge in [0, 0.05) is 26.8 Å². The molecule has 0 fully saturated rings. The Kier molecular flexibility index (Phi) is 5.21. The predicted octanol–water partition coefficient (Wildman–Crippen LogP) is 9.95. The van der Waals surface area contributed by atoms with Gasteiger partial charge in [0.2, 0.25) is 0 Å². The van der Waals surface area contributed by atoms with Crippen LogP contribution in [0.3, 0.4) is 0 Å². The van der Waals surface area contributed by atoms with Crippen molar-refractivity contribution in [1.82, 2.24) is 0 Å². The molecule has 5 aromatic carbocycles. The lowest BCUT2D eigenvalue weighted by Crippen LogP contribution is -2.10. The predicted molar refractivity (Wildman–Crippen MR) is 147 cm³/mol. The largest absolute Gasteiger partial charge is 0.309 e.